The molecular weight excluding hydrogens is 260 g/mol. The fourth-order valence-electron chi connectivity index (χ4n) is 4.36. The molecule has 0 amide bonds. The molecule has 3 nitrogen and oxygen atoms in total. The number of hydrogen-bond acceptors (Lipinski definition) is 2. The summed E-state index contributed by atoms with van der Waals surface area (Å²) < 4.78 is 2.19. The van der Waals surface area contributed by atoms with Gasteiger partial charge in [-0.3, -0.25) is 4.79 Å². The number of aromatic nitrogens is 2. The number of benzene rings is 1. The van der Waals surface area contributed by atoms with E-state index in [1.807, 2.05) is 12.1 Å². The summed E-state index contributed by atoms with van der Waals surface area (Å²) in [5.74, 6) is 0.975. The maximum absolute atomic E-state index is 12.6. The van der Waals surface area contributed by atoms with Gasteiger partial charge in [-0.1, -0.05) is 24.3 Å². The predicted molar refractivity (Wildman–Crippen MR) is 82.9 cm³/mol. The first kappa shape index (κ1) is 11.5. The average molecular weight is 276 g/mol. The van der Waals surface area contributed by atoms with Crippen molar-refractivity contribution in [3.63, 3.8) is 0 Å². The SMILES string of the molecule is O=c1nc2c3ccccc3ccn2c2c1C1CCC2CC1. The summed E-state index contributed by atoms with van der Waals surface area (Å²) in [4.78, 5) is 17.0. The van der Waals surface area contributed by atoms with E-state index < -0.39 is 0 Å². The summed E-state index contributed by atoms with van der Waals surface area (Å²) in [6.07, 6.45) is 6.86. The smallest absolute Gasteiger partial charge is 0.276 e. The Morgan fingerprint density at radius 2 is 1.76 bits per heavy atom. The van der Waals surface area contributed by atoms with Crippen molar-refractivity contribution in [1.82, 2.24) is 9.38 Å². The third kappa shape index (κ3) is 1.44. The molecule has 6 rings (SSSR count). The van der Waals surface area contributed by atoms with Crippen molar-refractivity contribution in [1.29, 1.82) is 0 Å². The van der Waals surface area contributed by atoms with E-state index in [0.717, 1.165) is 34.8 Å². The molecule has 1 fully saturated rings. The van der Waals surface area contributed by atoms with E-state index in [9.17, 15) is 4.79 Å². The molecule has 0 atom stereocenters. The average Bonchev–Trinajstić information content (AvgIpc) is 2.55. The molecular formula is C18H16N2O. The lowest BCUT2D eigenvalue weighted by Gasteiger charge is -2.37. The summed E-state index contributed by atoms with van der Waals surface area (Å²) in [6.45, 7) is 0. The molecule has 2 aromatic heterocycles. The van der Waals surface area contributed by atoms with E-state index in [0.29, 0.717) is 11.8 Å². The number of nitrogens with zero attached hydrogens (tertiary/aromatic N) is 2. The zero-order valence-corrected chi connectivity index (χ0v) is 11.7. The van der Waals surface area contributed by atoms with Crippen LogP contribution >= 0.6 is 0 Å². The van der Waals surface area contributed by atoms with Gasteiger partial charge in [0, 0.05) is 28.8 Å². The Labute approximate surface area is 122 Å². The van der Waals surface area contributed by atoms with Crippen molar-refractivity contribution in [2.24, 2.45) is 0 Å². The zero-order chi connectivity index (χ0) is 14.0. The molecule has 3 heteroatoms. The van der Waals surface area contributed by atoms with Crippen molar-refractivity contribution >= 4 is 16.4 Å². The highest BCUT2D eigenvalue weighted by molar-refractivity contribution is 5.93. The highest BCUT2D eigenvalue weighted by Gasteiger charge is 2.36. The zero-order valence-electron chi connectivity index (χ0n) is 11.7. The predicted octanol–water partition coefficient (Wildman–Crippen LogP) is 3.60. The lowest BCUT2D eigenvalue weighted by molar-refractivity contribution is 0.344. The number of hydrogen-bond donors (Lipinski definition) is 0. The molecule has 0 aliphatic heterocycles. The van der Waals surface area contributed by atoms with E-state index in [4.69, 9.17) is 0 Å². The molecule has 0 radical (unpaired) electrons. The Bertz CT molecular complexity index is 933. The lowest BCUT2D eigenvalue weighted by atomic mass is 9.69. The molecule has 0 unspecified atom stereocenters. The molecule has 21 heavy (non-hydrogen) atoms. The molecule has 3 aliphatic rings. The molecule has 3 aliphatic carbocycles. The Morgan fingerprint density at radius 1 is 1.00 bits per heavy atom. The topological polar surface area (TPSA) is 34.4 Å². The molecule has 104 valence electrons. The third-order valence-electron chi connectivity index (χ3n) is 5.33. The molecule has 2 bridgehead atoms. The van der Waals surface area contributed by atoms with Gasteiger partial charge in [0.15, 0.2) is 0 Å². The van der Waals surface area contributed by atoms with Crippen LogP contribution in [0.25, 0.3) is 16.4 Å². The van der Waals surface area contributed by atoms with Crippen LogP contribution in [0.1, 0.15) is 48.8 Å². The minimum absolute atomic E-state index is 0.00996. The highest BCUT2D eigenvalue weighted by Crippen LogP contribution is 2.47. The van der Waals surface area contributed by atoms with Gasteiger partial charge in [0.2, 0.25) is 0 Å². The Kier molecular flexibility index (Phi) is 2.16. The summed E-state index contributed by atoms with van der Waals surface area (Å²) >= 11 is 0. The summed E-state index contributed by atoms with van der Waals surface area (Å²) in [7, 11) is 0. The van der Waals surface area contributed by atoms with Crippen LogP contribution in [0.5, 0.6) is 0 Å². The second-order valence-electron chi connectivity index (χ2n) is 6.36. The van der Waals surface area contributed by atoms with Crippen molar-refractivity contribution < 1.29 is 0 Å². The van der Waals surface area contributed by atoms with Crippen LogP contribution in [0, 0.1) is 0 Å². The van der Waals surface area contributed by atoms with E-state index in [1.54, 1.807) is 0 Å². The molecule has 0 N–H and O–H groups in total. The summed E-state index contributed by atoms with van der Waals surface area (Å²) in [6, 6.07) is 10.3. The second-order valence-corrected chi connectivity index (χ2v) is 6.36. The highest BCUT2D eigenvalue weighted by atomic mass is 16.1. The maximum Gasteiger partial charge on any atom is 0.276 e. The van der Waals surface area contributed by atoms with E-state index in [1.165, 1.54) is 18.5 Å². The fraction of sp³-hybridized carbons (Fsp3) is 0.333. The fourth-order valence-corrected chi connectivity index (χ4v) is 4.36. The quantitative estimate of drug-likeness (QED) is 0.588. The first-order chi connectivity index (χ1) is 10.3. The van der Waals surface area contributed by atoms with Gasteiger partial charge in [-0.25, -0.2) is 0 Å². The van der Waals surface area contributed by atoms with Crippen LogP contribution in [-0.4, -0.2) is 9.38 Å². The molecule has 0 spiro atoms. The molecule has 1 aromatic carbocycles. The van der Waals surface area contributed by atoms with Gasteiger partial charge in [-0.05, 0) is 43.1 Å². The maximum atomic E-state index is 12.6. The van der Waals surface area contributed by atoms with Crippen molar-refractivity contribution in [2.75, 3.05) is 0 Å². The van der Waals surface area contributed by atoms with Crippen molar-refractivity contribution in [3.05, 3.63) is 58.1 Å². The van der Waals surface area contributed by atoms with Gasteiger partial charge in [0.05, 0.1) is 0 Å². The van der Waals surface area contributed by atoms with Crippen LogP contribution < -0.4 is 5.56 Å². The molecule has 2 heterocycles. The van der Waals surface area contributed by atoms with Gasteiger partial charge in [0.1, 0.15) is 5.65 Å². The van der Waals surface area contributed by atoms with E-state index >= 15 is 0 Å². The van der Waals surface area contributed by atoms with Crippen molar-refractivity contribution in [2.45, 2.75) is 37.5 Å². The van der Waals surface area contributed by atoms with Gasteiger partial charge >= 0.3 is 0 Å². The van der Waals surface area contributed by atoms with Crippen LogP contribution in [0.15, 0.2) is 41.3 Å². The van der Waals surface area contributed by atoms with E-state index in [2.05, 4.69) is 33.8 Å². The Balaban J connectivity index is 2.00. The second kappa shape index (κ2) is 3.94. The summed E-state index contributed by atoms with van der Waals surface area (Å²) in [5, 5.41) is 2.21. The summed E-state index contributed by atoms with van der Waals surface area (Å²) in [5.41, 5.74) is 3.09. The van der Waals surface area contributed by atoms with E-state index in [-0.39, 0.29) is 5.56 Å². The Morgan fingerprint density at radius 3 is 2.62 bits per heavy atom. The van der Waals surface area contributed by atoms with Gasteiger partial charge in [-0.2, -0.15) is 4.98 Å². The van der Waals surface area contributed by atoms with Gasteiger partial charge in [0.25, 0.3) is 5.56 Å². The first-order valence-corrected chi connectivity index (χ1v) is 7.77. The molecule has 1 saturated carbocycles. The van der Waals surface area contributed by atoms with Crippen LogP contribution in [0.3, 0.4) is 0 Å². The minimum Gasteiger partial charge on any atom is -0.304 e. The lowest BCUT2D eigenvalue weighted by Crippen LogP contribution is -2.32. The van der Waals surface area contributed by atoms with Crippen LogP contribution in [0.2, 0.25) is 0 Å². The minimum atomic E-state index is 0.00996. The number of pyridine rings is 1. The normalized spacial score (nSPS) is 23.6. The molecule has 3 aromatic rings. The Hall–Kier alpha value is -2.16. The van der Waals surface area contributed by atoms with Gasteiger partial charge in [-0.15, -0.1) is 0 Å². The third-order valence-corrected chi connectivity index (χ3v) is 5.33. The largest absolute Gasteiger partial charge is 0.304 e. The first-order valence-electron chi connectivity index (χ1n) is 7.77. The van der Waals surface area contributed by atoms with Crippen molar-refractivity contribution in [3.8, 4) is 0 Å². The van der Waals surface area contributed by atoms with Crippen LogP contribution in [0.4, 0.5) is 0 Å². The number of rotatable bonds is 0. The standard InChI is InChI=1S/C18H16N2O/c21-18-15-12-5-7-13(8-6-12)16(15)20-10-9-11-3-1-2-4-14(11)17(20)19-18/h1-4,9-10,12-13H,5-8H2. The van der Waals surface area contributed by atoms with Gasteiger partial charge < -0.3 is 4.40 Å². The monoisotopic (exact) mass is 276 g/mol. The number of fused-ring (bicyclic) bond motifs is 5. The molecule has 0 saturated heterocycles. The van der Waals surface area contributed by atoms with Crippen LogP contribution in [-0.2, 0) is 0 Å².